The van der Waals surface area contributed by atoms with E-state index in [1.54, 1.807) is 24.4 Å². The zero-order chi connectivity index (χ0) is 19.7. The topological polar surface area (TPSA) is 112 Å². The second kappa shape index (κ2) is 7.03. The summed E-state index contributed by atoms with van der Waals surface area (Å²) in [7, 11) is 0. The van der Waals surface area contributed by atoms with Gasteiger partial charge >= 0.3 is 6.09 Å². The normalized spacial score (nSPS) is 17.9. The average molecular weight is 381 g/mol. The first-order valence-electron chi connectivity index (χ1n) is 9.31. The van der Waals surface area contributed by atoms with E-state index in [1.807, 2.05) is 18.2 Å². The van der Waals surface area contributed by atoms with Crippen molar-refractivity contribution in [2.24, 2.45) is 5.41 Å². The van der Waals surface area contributed by atoms with Crippen LogP contribution in [0.2, 0.25) is 0 Å². The molecule has 1 aromatic heterocycles. The standard InChI is InChI=1S/C20H23N5O3/c21-15-3-1-2-4-16(15)23-18(26)14-5-6-17(22-11-14)25-12-20(13-25)7-9-24(10-8-20)19(27)28/h1-6,11H,7-10,12-13,21H2,(H,23,26)(H,27,28). The molecule has 2 saturated heterocycles. The van der Waals surface area contributed by atoms with Crippen molar-refractivity contribution in [2.45, 2.75) is 12.8 Å². The number of pyridine rings is 1. The number of nitrogens with zero attached hydrogens (tertiary/aromatic N) is 3. The fourth-order valence-electron chi connectivity index (χ4n) is 3.93. The highest BCUT2D eigenvalue weighted by Crippen LogP contribution is 2.42. The Balaban J connectivity index is 1.34. The molecule has 8 nitrogen and oxygen atoms in total. The fourth-order valence-corrected chi connectivity index (χ4v) is 3.93. The molecule has 2 aliphatic rings. The fraction of sp³-hybridized carbons (Fsp3) is 0.350. The maximum Gasteiger partial charge on any atom is 0.407 e. The lowest BCUT2D eigenvalue weighted by molar-refractivity contribution is 0.0706. The Bertz CT molecular complexity index is 883. The molecule has 0 radical (unpaired) electrons. The lowest BCUT2D eigenvalue weighted by Crippen LogP contribution is -2.61. The Labute approximate surface area is 163 Å². The van der Waals surface area contributed by atoms with Gasteiger partial charge in [0.05, 0.1) is 16.9 Å². The SMILES string of the molecule is Nc1ccccc1NC(=O)c1ccc(N2CC3(CCN(C(=O)O)CC3)C2)nc1. The summed E-state index contributed by atoms with van der Waals surface area (Å²) in [6, 6.07) is 10.7. The van der Waals surface area contributed by atoms with E-state index in [1.165, 1.54) is 4.90 Å². The van der Waals surface area contributed by atoms with Crippen LogP contribution in [0.15, 0.2) is 42.6 Å². The molecule has 146 valence electrons. The molecule has 4 rings (SSSR count). The van der Waals surface area contributed by atoms with Gasteiger partial charge in [-0.25, -0.2) is 9.78 Å². The first-order valence-corrected chi connectivity index (χ1v) is 9.31. The number of aromatic nitrogens is 1. The summed E-state index contributed by atoms with van der Waals surface area (Å²) in [6.07, 6.45) is 2.50. The lowest BCUT2D eigenvalue weighted by Gasteiger charge is -2.54. The monoisotopic (exact) mass is 381 g/mol. The van der Waals surface area contributed by atoms with Crippen LogP contribution in [-0.2, 0) is 0 Å². The van der Waals surface area contributed by atoms with Crippen LogP contribution in [-0.4, -0.2) is 53.2 Å². The molecule has 8 heteroatoms. The highest BCUT2D eigenvalue weighted by Gasteiger charge is 2.45. The third-order valence-corrected chi connectivity index (χ3v) is 5.69. The Kier molecular flexibility index (Phi) is 4.54. The number of nitrogens with one attached hydrogen (secondary N) is 1. The van der Waals surface area contributed by atoms with E-state index >= 15 is 0 Å². The van der Waals surface area contributed by atoms with Crippen LogP contribution in [0.4, 0.5) is 22.0 Å². The summed E-state index contributed by atoms with van der Waals surface area (Å²) in [4.78, 5) is 31.5. The van der Waals surface area contributed by atoms with Crippen molar-refractivity contribution >= 4 is 29.2 Å². The van der Waals surface area contributed by atoms with Crippen molar-refractivity contribution < 1.29 is 14.7 Å². The smallest absolute Gasteiger partial charge is 0.407 e. The zero-order valence-electron chi connectivity index (χ0n) is 15.5. The maximum atomic E-state index is 12.4. The molecule has 28 heavy (non-hydrogen) atoms. The van der Waals surface area contributed by atoms with Gasteiger partial charge in [0.1, 0.15) is 5.82 Å². The number of anilines is 3. The van der Waals surface area contributed by atoms with E-state index in [0.717, 1.165) is 31.7 Å². The molecular weight excluding hydrogens is 358 g/mol. The number of nitrogen functional groups attached to an aromatic ring is 1. The number of nitrogens with two attached hydrogens (primary N) is 1. The highest BCUT2D eigenvalue weighted by atomic mass is 16.4. The largest absolute Gasteiger partial charge is 0.465 e. The first-order chi connectivity index (χ1) is 13.5. The van der Waals surface area contributed by atoms with Gasteiger partial charge in [0.25, 0.3) is 5.91 Å². The highest BCUT2D eigenvalue weighted by molar-refractivity contribution is 6.05. The molecular formula is C20H23N5O3. The number of carbonyl (C=O) groups excluding carboxylic acids is 1. The van der Waals surface area contributed by atoms with Crippen LogP contribution >= 0.6 is 0 Å². The number of amides is 2. The van der Waals surface area contributed by atoms with E-state index in [9.17, 15) is 9.59 Å². The van der Waals surface area contributed by atoms with Gasteiger partial charge in [0.15, 0.2) is 0 Å². The van der Waals surface area contributed by atoms with Crippen molar-refractivity contribution in [3.8, 4) is 0 Å². The van der Waals surface area contributed by atoms with Gasteiger partial charge in [0, 0.05) is 37.8 Å². The molecule has 0 unspecified atom stereocenters. The van der Waals surface area contributed by atoms with Gasteiger partial charge < -0.3 is 26.0 Å². The van der Waals surface area contributed by atoms with Gasteiger partial charge in [-0.3, -0.25) is 4.79 Å². The molecule has 2 aliphatic heterocycles. The van der Waals surface area contributed by atoms with Gasteiger partial charge in [-0.2, -0.15) is 0 Å². The molecule has 0 bridgehead atoms. The van der Waals surface area contributed by atoms with Gasteiger partial charge in [-0.15, -0.1) is 0 Å². The summed E-state index contributed by atoms with van der Waals surface area (Å²) >= 11 is 0. The number of hydrogen-bond donors (Lipinski definition) is 3. The Morgan fingerprint density at radius 3 is 2.43 bits per heavy atom. The minimum atomic E-state index is -0.834. The lowest BCUT2D eigenvalue weighted by atomic mass is 9.72. The number of para-hydroxylation sites is 2. The minimum absolute atomic E-state index is 0.189. The summed E-state index contributed by atoms with van der Waals surface area (Å²) in [5, 5.41) is 11.9. The molecule has 2 fully saturated rings. The van der Waals surface area contributed by atoms with E-state index in [-0.39, 0.29) is 11.3 Å². The minimum Gasteiger partial charge on any atom is -0.465 e. The van der Waals surface area contributed by atoms with E-state index < -0.39 is 6.09 Å². The summed E-state index contributed by atoms with van der Waals surface area (Å²) < 4.78 is 0. The van der Waals surface area contributed by atoms with Crippen molar-refractivity contribution in [1.29, 1.82) is 0 Å². The van der Waals surface area contributed by atoms with Crippen molar-refractivity contribution in [2.75, 3.05) is 42.1 Å². The molecule has 2 aromatic rings. The summed E-state index contributed by atoms with van der Waals surface area (Å²) in [6.45, 7) is 2.94. The average Bonchev–Trinajstić information content (AvgIpc) is 2.68. The van der Waals surface area contributed by atoms with Crippen LogP contribution in [0, 0.1) is 5.41 Å². The third kappa shape index (κ3) is 3.45. The van der Waals surface area contributed by atoms with E-state index in [0.29, 0.717) is 30.0 Å². The van der Waals surface area contributed by atoms with Crippen LogP contribution in [0.5, 0.6) is 0 Å². The van der Waals surface area contributed by atoms with Gasteiger partial charge in [-0.05, 0) is 37.1 Å². The number of likely N-dealkylation sites (tertiary alicyclic amines) is 1. The maximum absolute atomic E-state index is 12.4. The zero-order valence-corrected chi connectivity index (χ0v) is 15.5. The third-order valence-electron chi connectivity index (χ3n) is 5.69. The Morgan fingerprint density at radius 2 is 1.82 bits per heavy atom. The predicted molar refractivity (Wildman–Crippen MR) is 107 cm³/mol. The number of rotatable bonds is 3. The van der Waals surface area contributed by atoms with Crippen LogP contribution in [0.1, 0.15) is 23.2 Å². The van der Waals surface area contributed by atoms with Gasteiger partial charge in [-0.1, -0.05) is 12.1 Å². The molecule has 3 heterocycles. The molecule has 0 atom stereocenters. The second-order valence-corrected chi connectivity index (χ2v) is 7.57. The number of carbonyl (C=O) groups is 2. The number of piperidine rings is 1. The molecule has 1 aromatic carbocycles. The van der Waals surface area contributed by atoms with E-state index in [4.69, 9.17) is 10.8 Å². The molecule has 0 aliphatic carbocycles. The molecule has 0 saturated carbocycles. The van der Waals surface area contributed by atoms with Crippen LogP contribution < -0.4 is 16.0 Å². The predicted octanol–water partition coefficient (Wildman–Crippen LogP) is 2.50. The second-order valence-electron chi connectivity index (χ2n) is 7.57. The molecule has 2 amide bonds. The van der Waals surface area contributed by atoms with Crippen molar-refractivity contribution in [3.05, 3.63) is 48.2 Å². The first kappa shape index (κ1) is 18.1. The van der Waals surface area contributed by atoms with Crippen molar-refractivity contribution in [3.63, 3.8) is 0 Å². The quantitative estimate of drug-likeness (QED) is 0.704. The number of carboxylic acid groups (broad SMARTS) is 1. The van der Waals surface area contributed by atoms with Crippen molar-refractivity contribution in [1.82, 2.24) is 9.88 Å². The van der Waals surface area contributed by atoms with E-state index in [2.05, 4.69) is 15.2 Å². The van der Waals surface area contributed by atoms with Gasteiger partial charge in [0.2, 0.25) is 0 Å². The number of hydrogen-bond acceptors (Lipinski definition) is 5. The molecule has 4 N–H and O–H groups in total. The van der Waals surface area contributed by atoms with Crippen LogP contribution in [0.3, 0.4) is 0 Å². The summed E-state index contributed by atoms with van der Waals surface area (Å²) in [5.74, 6) is 0.583. The molecule has 1 spiro atoms. The Hall–Kier alpha value is -3.29. The number of benzene rings is 1. The van der Waals surface area contributed by atoms with Crippen LogP contribution in [0.25, 0.3) is 0 Å². The Morgan fingerprint density at radius 1 is 1.11 bits per heavy atom. The summed E-state index contributed by atoms with van der Waals surface area (Å²) in [5.41, 5.74) is 7.61.